The highest BCUT2D eigenvalue weighted by atomic mass is 79.9. The molecule has 0 aliphatic rings. The summed E-state index contributed by atoms with van der Waals surface area (Å²) in [6.45, 7) is 1.96. The van der Waals surface area contributed by atoms with Crippen molar-refractivity contribution in [3.05, 3.63) is 58.7 Å². The molecule has 0 fully saturated rings. The molecule has 3 aromatic rings. The molecule has 6 heteroatoms. The predicted molar refractivity (Wildman–Crippen MR) is 79.8 cm³/mol. The van der Waals surface area contributed by atoms with Gasteiger partial charge in [-0.3, -0.25) is 9.78 Å². The van der Waals surface area contributed by atoms with Gasteiger partial charge in [0.15, 0.2) is 0 Å². The lowest BCUT2D eigenvalue weighted by atomic mass is 10.2. The Hall–Kier alpha value is -2.21. The van der Waals surface area contributed by atoms with Crippen molar-refractivity contribution in [3.63, 3.8) is 0 Å². The molecule has 0 saturated heterocycles. The van der Waals surface area contributed by atoms with Gasteiger partial charge in [0, 0.05) is 24.2 Å². The molecule has 0 bridgehead atoms. The number of amides is 1. The topological polar surface area (TPSA) is 59.3 Å². The van der Waals surface area contributed by atoms with Gasteiger partial charge < -0.3 is 9.72 Å². The van der Waals surface area contributed by atoms with Gasteiger partial charge in [0.25, 0.3) is 5.91 Å². The highest BCUT2D eigenvalue weighted by Gasteiger charge is 2.08. The summed E-state index contributed by atoms with van der Waals surface area (Å²) in [5, 5.41) is 2.86. The van der Waals surface area contributed by atoms with Crippen molar-refractivity contribution in [2.45, 2.75) is 6.92 Å². The Morgan fingerprint density at radius 2 is 2.00 bits per heavy atom. The van der Waals surface area contributed by atoms with E-state index in [0.717, 1.165) is 15.9 Å². The van der Waals surface area contributed by atoms with Crippen LogP contribution < -0.4 is 5.32 Å². The zero-order valence-electron chi connectivity index (χ0n) is 10.7. The number of anilines is 1. The quantitative estimate of drug-likeness (QED) is 0.785. The number of nitrogens with zero attached hydrogens (tertiary/aromatic N) is 3. The van der Waals surface area contributed by atoms with Gasteiger partial charge in [-0.05, 0) is 47.1 Å². The number of rotatable bonds is 2. The molecule has 0 radical (unpaired) electrons. The molecule has 3 heterocycles. The molecule has 0 atom stereocenters. The lowest BCUT2D eigenvalue weighted by Crippen LogP contribution is -2.12. The lowest BCUT2D eigenvalue weighted by molar-refractivity contribution is 0.102. The molecule has 0 unspecified atom stereocenters. The van der Waals surface area contributed by atoms with Crippen LogP contribution in [0.5, 0.6) is 0 Å². The van der Waals surface area contributed by atoms with Gasteiger partial charge in [-0.2, -0.15) is 0 Å². The Bertz CT molecular complexity index is 782. The number of fused-ring (bicyclic) bond motifs is 1. The second kappa shape index (κ2) is 5.05. The van der Waals surface area contributed by atoms with Crippen molar-refractivity contribution < 1.29 is 4.79 Å². The van der Waals surface area contributed by atoms with Crippen LogP contribution in [0.2, 0.25) is 0 Å². The van der Waals surface area contributed by atoms with Crippen LogP contribution in [0, 0.1) is 6.92 Å². The smallest absolute Gasteiger partial charge is 0.255 e. The Labute approximate surface area is 123 Å². The first kappa shape index (κ1) is 12.8. The van der Waals surface area contributed by atoms with E-state index in [0.29, 0.717) is 11.3 Å². The second-order valence-corrected chi connectivity index (χ2v) is 5.08. The molecule has 5 nitrogen and oxygen atoms in total. The van der Waals surface area contributed by atoms with Crippen LogP contribution in [-0.2, 0) is 0 Å². The van der Waals surface area contributed by atoms with E-state index in [1.165, 1.54) is 0 Å². The van der Waals surface area contributed by atoms with Gasteiger partial charge >= 0.3 is 0 Å². The van der Waals surface area contributed by atoms with Crippen molar-refractivity contribution in [2.75, 3.05) is 5.32 Å². The van der Waals surface area contributed by atoms with Crippen LogP contribution in [0.3, 0.4) is 0 Å². The molecule has 1 amide bonds. The summed E-state index contributed by atoms with van der Waals surface area (Å²) < 4.78 is 2.72. The van der Waals surface area contributed by atoms with Crippen LogP contribution >= 0.6 is 15.9 Å². The van der Waals surface area contributed by atoms with Crippen LogP contribution in [0.15, 0.2) is 47.5 Å². The van der Waals surface area contributed by atoms with E-state index in [9.17, 15) is 4.79 Å². The molecule has 0 aliphatic heterocycles. The number of carbonyl (C=O) groups excluding carboxylic acids is 1. The number of imidazole rings is 1. The van der Waals surface area contributed by atoms with Gasteiger partial charge in [-0.25, -0.2) is 4.98 Å². The van der Waals surface area contributed by atoms with Crippen LogP contribution in [0.25, 0.3) is 5.65 Å². The third-order valence-electron chi connectivity index (χ3n) is 3.00. The number of aromatic nitrogens is 3. The first-order chi connectivity index (χ1) is 9.65. The fraction of sp³-hybridized carbons (Fsp3) is 0.0714. The molecule has 1 N–H and O–H groups in total. The Balaban J connectivity index is 1.91. The molecule has 100 valence electrons. The summed E-state index contributed by atoms with van der Waals surface area (Å²) in [6.07, 6.45) is 5.03. The SMILES string of the molecule is Cc1c(Br)nc2ccc(NC(=O)c3ccncc3)cn12. The molecule has 20 heavy (non-hydrogen) atoms. The summed E-state index contributed by atoms with van der Waals surface area (Å²) >= 11 is 3.39. The first-order valence-corrected chi connectivity index (χ1v) is 6.80. The lowest BCUT2D eigenvalue weighted by Gasteiger charge is -2.06. The Morgan fingerprint density at radius 1 is 1.25 bits per heavy atom. The predicted octanol–water partition coefficient (Wildman–Crippen LogP) is 3.05. The van der Waals surface area contributed by atoms with E-state index in [2.05, 4.69) is 31.2 Å². The number of carbonyl (C=O) groups is 1. The monoisotopic (exact) mass is 330 g/mol. The van der Waals surface area contributed by atoms with E-state index in [4.69, 9.17) is 0 Å². The molecular formula is C14H11BrN4O. The van der Waals surface area contributed by atoms with Crippen LogP contribution in [0.1, 0.15) is 16.1 Å². The highest BCUT2D eigenvalue weighted by molar-refractivity contribution is 9.10. The summed E-state index contributed by atoms with van der Waals surface area (Å²) in [4.78, 5) is 20.3. The van der Waals surface area contributed by atoms with E-state index >= 15 is 0 Å². The molecular weight excluding hydrogens is 320 g/mol. The zero-order valence-corrected chi connectivity index (χ0v) is 12.3. The average molecular weight is 331 g/mol. The fourth-order valence-electron chi connectivity index (χ4n) is 1.91. The number of hydrogen-bond donors (Lipinski definition) is 1. The molecule has 0 spiro atoms. The molecule has 0 aromatic carbocycles. The maximum atomic E-state index is 12.1. The minimum Gasteiger partial charge on any atom is -0.321 e. The van der Waals surface area contributed by atoms with Gasteiger partial charge in [0.1, 0.15) is 10.3 Å². The van der Waals surface area contributed by atoms with E-state index in [1.807, 2.05) is 29.7 Å². The normalized spacial score (nSPS) is 10.7. The number of nitrogens with one attached hydrogen (secondary N) is 1. The van der Waals surface area contributed by atoms with Crippen molar-refractivity contribution in [2.24, 2.45) is 0 Å². The van der Waals surface area contributed by atoms with Crippen molar-refractivity contribution in [3.8, 4) is 0 Å². The van der Waals surface area contributed by atoms with Gasteiger partial charge in [-0.1, -0.05) is 0 Å². The van der Waals surface area contributed by atoms with E-state index in [-0.39, 0.29) is 5.91 Å². The maximum absolute atomic E-state index is 12.1. The van der Waals surface area contributed by atoms with Crippen molar-refractivity contribution in [1.29, 1.82) is 0 Å². The average Bonchev–Trinajstić information content (AvgIpc) is 2.75. The first-order valence-electron chi connectivity index (χ1n) is 6.01. The molecule has 3 aromatic heterocycles. The van der Waals surface area contributed by atoms with Crippen molar-refractivity contribution in [1.82, 2.24) is 14.4 Å². The standard InChI is InChI=1S/C14H11BrN4O/c1-9-13(15)18-12-3-2-11(8-19(9)12)17-14(20)10-4-6-16-7-5-10/h2-8H,1H3,(H,17,20). The number of hydrogen-bond acceptors (Lipinski definition) is 3. The molecule has 0 saturated carbocycles. The van der Waals surface area contributed by atoms with E-state index in [1.54, 1.807) is 24.5 Å². The Kier molecular flexibility index (Phi) is 3.23. The highest BCUT2D eigenvalue weighted by Crippen LogP contribution is 2.19. The minimum absolute atomic E-state index is 0.163. The largest absolute Gasteiger partial charge is 0.321 e. The minimum atomic E-state index is -0.163. The van der Waals surface area contributed by atoms with Crippen LogP contribution in [-0.4, -0.2) is 20.3 Å². The number of halogens is 1. The van der Waals surface area contributed by atoms with E-state index < -0.39 is 0 Å². The third-order valence-corrected chi connectivity index (χ3v) is 3.75. The fourth-order valence-corrected chi connectivity index (χ4v) is 2.29. The zero-order chi connectivity index (χ0) is 14.1. The van der Waals surface area contributed by atoms with Gasteiger partial charge in [-0.15, -0.1) is 0 Å². The maximum Gasteiger partial charge on any atom is 0.255 e. The molecule has 0 aliphatic carbocycles. The molecule has 3 rings (SSSR count). The number of aryl methyl sites for hydroxylation is 1. The second-order valence-electron chi connectivity index (χ2n) is 4.32. The summed E-state index contributed by atoms with van der Waals surface area (Å²) in [7, 11) is 0. The van der Waals surface area contributed by atoms with Crippen molar-refractivity contribution >= 4 is 33.2 Å². The van der Waals surface area contributed by atoms with Gasteiger partial charge in [0.2, 0.25) is 0 Å². The third kappa shape index (κ3) is 2.30. The summed E-state index contributed by atoms with van der Waals surface area (Å²) in [5.74, 6) is -0.163. The Morgan fingerprint density at radius 3 is 2.75 bits per heavy atom. The van der Waals surface area contributed by atoms with Gasteiger partial charge in [0.05, 0.1) is 11.4 Å². The van der Waals surface area contributed by atoms with Crippen LogP contribution in [0.4, 0.5) is 5.69 Å². The summed E-state index contributed by atoms with van der Waals surface area (Å²) in [6, 6.07) is 7.03. The number of pyridine rings is 2. The summed E-state index contributed by atoms with van der Waals surface area (Å²) in [5.41, 5.74) is 3.10.